The molecule has 0 spiro atoms. The molecule has 3 N–H and O–H groups in total. The standard InChI is InChI=1S/C18H21N3O3/c1-3-7-13-16(18(23)24-4-2)15(11-8-5-6-9-14(11)22)12-10-19-21-17(12)20-13/h5-6,8-10,15,22H,3-4,7H2,1-2H3,(H2,19,20,21). The molecular weight excluding hydrogens is 306 g/mol. The number of para-hydroxylation sites is 1. The van der Waals surface area contributed by atoms with Gasteiger partial charge in [0, 0.05) is 16.8 Å². The molecule has 1 unspecified atom stereocenters. The second kappa shape index (κ2) is 6.78. The molecule has 1 atom stereocenters. The van der Waals surface area contributed by atoms with Crippen molar-refractivity contribution in [3.8, 4) is 5.75 Å². The summed E-state index contributed by atoms with van der Waals surface area (Å²) in [5.74, 6) is 0.115. The predicted molar refractivity (Wildman–Crippen MR) is 90.7 cm³/mol. The maximum atomic E-state index is 12.7. The number of nitrogens with one attached hydrogen (secondary N) is 2. The molecule has 0 amide bonds. The number of phenolic OH excluding ortho intramolecular Hbond substituents is 1. The number of phenols is 1. The smallest absolute Gasteiger partial charge is 0.336 e. The minimum absolute atomic E-state index is 0.147. The number of ether oxygens (including phenoxy) is 1. The summed E-state index contributed by atoms with van der Waals surface area (Å²) in [5.41, 5.74) is 2.83. The minimum atomic E-state index is -0.415. The van der Waals surface area contributed by atoms with Gasteiger partial charge in [0.2, 0.25) is 0 Å². The van der Waals surface area contributed by atoms with Crippen LogP contribution in [0.4, 0.5) is 5.82 Å². The van der Waals surface area contributed by atoms with Gasteiger partial charge in [-0.1, -0.05) is 31.5 Å². The molecule has 126 valence electrons. The first-order chi connectivity index (χ1) is 11.7. The summed E-state index contributed by atoms with van der Waals surface area (Å²) in [4.78, 5) is 12.7. The van der Waals surface area contributed by atoms with Gasteiger partial charge in [-0.15, -0.1) is 0 Å². The van der Waals surface area contributed by atoms with Crippen LogP contribution in [-0.4, -0.2) is 27.9 Å². The van der Waals surface area contributed by atoms with Gasteiger partial charge in [-0.25, -0.2) is 4.79 Å². The number of hydrogen-bond acceptors (Lipinski definition) is 5. The van der Waals surface area contributed by atoms with Gasteiger partial charge in [-0.3, -0.25) is 5.10 Å². The summed E-state index contributed by atoms with van der Waals surface area (Å²) < 4.78 is 5.29. The molecule has 0 bridgehead atoms. The normalized spacial score (nSPS) is 16.5. The molecular formula is C18H21N3O3. The van der Waals surface area contributed by atoms with Crippen molar-refractivity contribution in [2.24, 2.45) is 0 Å². The highest BCUT2D eigenvalue weighted by atomic mass is 16.5. The molecule has 0 radical (unpaired) electrons. The summed E-state index contributed by atoms with van der Waals surface area (Å²) in [6, 6.07) is 7.06. The van der Waals surface area contributed by atoms with Crippen LogP contribution in [0.5, 0.6) is 5.75 Å². The molecule has 0 aliphatic carbocycles. The molecule has 1 aromatic heterocycles. The van der Waals surface area contributed by atoms with Crippen LogP contribution in [0.1, 0.15) is 43.7 Å². The summed E-state index contributed by atoms with van der Waals surface area (Å²) in [6.45, 7) is 4.13. The van der Waals surface area contributed by atoms with E-state index in [0.29, 0.717) is 24.2 Å². The highest BCUT2D eigenvalue weighted by Crippen LogP contribution is 2.44. The highest BCUT2D eigenvalue weighted by Gasteiger charge is 2.36. The van der Waals surface area contributed by atoms with Crippen LogP contribution in [0, 0.1) is 0 Å². The number of fused-ring (bicyclic) bond motifs is 1. The second-order valence-electron chi connectivity index (χ2n) is 5.68. The first-order valence-corrected chi connectivity index (χ1v) is 8.15. The Kier molecular flexibility index (Phi) is 4.55. The Hall–Kier alpha value is -2.76. The van der Waals surface area contributed by atoms with E-state index < -0.39 is 5.92 Å². The minimum Gasteiger partial charge on any atom is -0.508 e. The average molecular weight is 327 g/mol. The molecule has 0 saturated heterocycles. The molecule has 1 aliphatic heterocycles. The maximum Gasteiger partial charge on any atom is 0.336 e. The molecule has 1 aliphatic rings. The molecule has 2 heterocycles. The number of aromatic amines is 1. The number of nitrogens with zero attached hydrogens (tertiary/aromatic N) is 1. The zero-order valence-electron chi connectivity index (χ0n) is 13.8. The largest absolute Gasteiger partial charge is 0.508 e. The van der Waals surface area contributed by atoms with Crippen molar-refractivity contribution < 1.29 is 14.6 Å². The van der Waals surface area contributed by atoms with Crippen molar-refractivity contribution in [3.05, 3.63) is 52.9 Å². The number of allylic oxidation sites excluding steroid dienone is 1. The zero-order valence-corrected chi connectivity index (χ0v) is 13.8. The number of aromatic hydroxyl groups is 1. The van der Waals surface area contributed by atoms with E-state index in [4.69, 9.17) is 4.74 Å². The highest BCUT2D eigenvalue weighted by molar-refractivity contribution is 5.94. The van der Waals surface area contributed by atoms with E-state index in [0.717, 1.165) is 23.5 Å². The number of benzene rings is 1. The van der Waals surface area contributed by atoms with E-state index in [1.165, 1.54) is 0 Å². The lowest BCUT2D eigenvalue weighted by atomic mass is 9.81. The Morgan fingerprint density at radius 1 is 1.29 bits per heavy atom. The number of anilines is 1. The van der Waals surface area contributed by atoms with Crippen molar-refractivity contribution in [2.45, 2.75) is 32.6 Å². The van der Waals surface area contributed by atoms with Gasteiger partial charge < -0.3 is 15.2 Å². The Labute approximate surface area is 140 Å². The fraction of sp³-hybridized carbons (Fsp3) is 0.333. The van der Waals surface area contributed by atoms with E-state index in [-0.39, 0.29) is 11.7 Å². The first kappa shape index (κ1) is 16.1. The predicted octanol–water partition coefficient (Wildman–Crippen LogP) is 3.29. The lowest BCUT2D eigenvalue weighted by Gasteiger charge is -2.29. The fourth-order valence-corrected chi connectivity index (χ4v) is 3.11. The summed E-state index contributed by atoms with van der Waals surface area (Å²) >= 11 is 0. The van der Waals surface area contributed by atoms with Gasteiger partial charge in [0.15, 0.2) is 0 Å². The van der Waals surface area contributed by atoms with E-state index >= 15 is 0 Å². The van der Waals surface area contributed by atoms with E-state index in [2.05, 4.69) is 22.4 Å². The van der Waals surface area contributed by atoms with Crippen LogP contribution < -0.4 is 5.32 Å². The van der Waals surface area contributed by atoms with E-state index in [1.54, 1.807) is 25.3 Å². The van der Waals surface area contributed by atoms with Gasteiger partial charge in [0.25, 0.3) is 0 Å². The SMILES string of the molecule is CCCC1=C(C(=O)OCC)C(c2ccccc2O)c2cn[nH]c2N1. The Bertz CT molecular complexity index is 779. The van der Waals surface area contributed by atoms with Gasteiger partial charge in [-0.2, -0.15) is 5.10 Å². The first-order valence-electron chi connectivity index (χ1n) is 8.15. The number of rotatable bonds is 5. The summed E-state index contributed by atoms with van der Waals surface area (Å²) in [7, 11) is 0. The zero-order chi connectivity index (χ0) is 17.1. The Balaban J connectivity index is 2.20. The number of carbonyl (C=O) groups is 1. The molecule has 6 nitrogen and oxygen atoms in total. The van der Waals surface area contributed by atoms with Crippen molar-refractivity contribution in [2.75, 3.05) is 11.9 Å². The van der Waals surface area contributed by atoms with E-state index in [1.807, 2.05) is 12.1 Å². The quantitative estimate of drug-likeness (QED) is 0.734. The number of hydrogen-bond donors (Lipinski definition) is 3. The molecule has 2 aromatic rings. The van der Waals surface area contributed by atoms with Crippen LogP contribution in [0.25, 0.3) is 0 Å². The number of H-pyrrole nitrogens is 1. The fourth-order valence-electron chi connectivity index (χ4n) is 3.11. The van der Waals surface area contributed by atoms with Crippen LogP contribution >= 0.6 is 0 Å². The Morgan fingerprint density at radius 2 is 2.08 bits per heavy atom. The number of carbonyl (C=O) groups excluding carboxylic acids is 1. The van der Waals surface area contributed by atoms with Gasteiger partial charge >= 0.3 is 5.97 Å². The van der Waals surface area contributed by atoms with Crippen molar-refractivity contribution >= 4 is 11.8 Å². The van der Waals surface area contributed by atoms with Crippen molar-refractivity contribution in [3.63, 3.8) is 0 Å². The van der Waals surface area contributed by atoms with Crippen molar-refractivity contribution in [1.82, 2.24) is 10.2 Å². The lowest BCUT2D eigenvalue weighted by molar-refractivity contribution is -0.138. The lowest BCUT2D eigenvalue weighted by Crippen LogP contribution is -2.25. The van der Waals surface area contributed by atoms with Gasteiger partial charge in [0.05, 0.1) is 24.3 Å². The monoisotopic (exact) mass is 327 g/mol. The number of esters is 1. The third-order valence-corrected chi connectivity index (χ3v) is 4.11. The van der Waals surface area contributed by atoms with Gasteiger partial charge in [-0.05, 0) is 19.4 Å². The maximum absolute atomic E-state index is 12.7. The summed E-state index contributed by atoms with van der Waals surface area (Å²) in [6.07, 6.45) is 3.26. The molecule has 6 heteroatoms. The van der Waals surface area contributed by atoms with Crippen LogP contribution in [-0.2, 0) is 9.53 Å². The molecule has 0 fully saturated rings. The number of aromatic nitrogens is 2. The van der Waals surface area contributed by atoms with E-state index in [9.17, 15) is 9.90 Å². The van der Waals surface area contributed by atoms with Crippen molar-refractivity contribution in [1.29, 1.82) is 0 Å². The third kappa shape index (κ3) is 2.75. The van der Waals surface area contributed by atoms with Crippen LogP contribution in [0.3, 0.4) is 0 Å². The van der Waals surface area contributed by atoms with Crippen LogP contribution in [0.2, 0.25) is 0 Å². The molecule has 24 heavy (non-hydrogen) atoms. The van der Waals surface area contributed by atoms with Gasteiger partial charge in [0.1, 0.15) is 11.6 Å². The molecule has 0 saturated carbocycles. The molecule has 3 rings (SSSR count). The Morgan fingerprint density at radius 3 is 2.79 bits per heavy atom. The average Bonchev–Trinajstić information content (AvgIpc) is 3.03. The third-order valence-electron chi connectivity index (χ3n) is 4.11. The summed E-state index contributed by atoms with van der Waals surface area (Å²) in [5, 5.41) is 20.6. The van der Waals surface area contributed by atoms with Crippen LogP contribution in [0.15, 0.2) is 41.7 Å². The second-order valence-corrected chi connectivity index (χ2v) is 5.68. The topological polar surface area (TPSA) is 87.2 Å². The molecule has 1 aromatic carbocycles.